The lowest BCUT2D eigenvalue weighted by Gasteiger charge is -2.19. The summed E-state index contributed by atoms with van der Waals surface area (Å²) < 4.78 is 28.6. The number of sulfonamides is 1. The van der Waals surface area contributed by atoms with Crippen molar-refractivity contribution in [3.63, 3.8) is 0 Å². The van der Waals surface area contributed by atoms with Crippen LogP contribution in [0.4, 0.5) is 0 Å². The molecule has 1 heterocycles. The van der Waals surface area contributed by atoms with Gasteiger partial charge in [-0.3, -0.25) is 4.68 Å². The van der Waals surface area contributed by atoms with Crippen LogP contribution in [0.25, 0.3) is 0 Å². The Morgan fingerprint density at radius 3 is 2.71 bits per heavy atom. The predicted molar refractivity (Wildman–Crippen MR) is 82.6 cm³/mol. The van der Waals surface area contributed by atoms with Crippen molar-refractivity contribution in [3.8, 4) is 0 Å². The highest BCUT2D eigenvalue weighted by Crippen LogP contribution is 2.31. The summed E-state index contributed by atoms with van der Waals surface area (Å²) in [7, 11) is -3.38. The number of rotatable bonds is 10. The van der Waals surface area contributed by atoms with Gasteiger partial charge in [-0.05, 0) is 32.2 Å². The zero-order chi connectivity index (χ0) is 15.3. The maximum atomic E-state index is 12.7. The summed E-state index contributed by atoms with van der Waals surface area (Å²) in [5, 5.41) is 7.46. The molecule has 1 saturated carbocycles. The second kappa shape index (κ2) is 7.38. The second-order valence-corrected chi connectivity index (χ2v) is 7.43. The van der Waals surface area contributed by atoms with E-state index < -0.39 is 10.0 Å². The minimum Gasteiger partial charge on any atom is -0.315 e. The van der Waals surface area contributed by atoms with Crippen molar-refractivity contribution in [2.24, 2.45) is 0 Å². The quantitative estimate of drug-likeness (QED) is 0.664. The normalized spacial score (nSPS) is 15.8. The van der Waals surface area contributed by atoms with Crippen molar-refractivity contribution < 1.29 is 8.42 Å². The van der Waals surface area contributed by atoms with Crippen molar-refractivity contribution >= 4 is 10.0 Å². The Labute approximate surface area is 127 Å². The van der Waals surface area contributed by atoms with E-state index in [2.05, 4.69) is 17.3 Å². The SMILES string of the molecule is CCCNCCn1cc(S(=O)(=O)N(CCC)C2CC2)cn1. The van der Waals surface area contributed by atoms with Crippen LogP contribution in [0.2, 0.25) is 0 Å². The zero-order valence-corrected chi connectivity index (χ0v) is 13.8. The van der Waals surface area contributed by atoms with E-state index in [1.54, 1.807) is 15.2 Å². The Bertz CT molecular complexity index is 537. The van der Waals surface area contributed by atoms with Gasteiger partial charge in [-0.15, -0.1) is 0 Å². The average molecular weight is 314 g/mol. The summed E-state index contributed by atoms with van der Waals surface area (Å²) in [5.74, 6) is 0. The first-order valence-corrected chi connectivity index (χ1v) is 9.28. The van der Waals surface area contributed by atoms with E-state index in [0.717, 1.165) is 38.8 Å². The lowest BCUT2D eigenvalue weighted by Crippen LogP contribution is -2.33. The van der Waals surface area contributed by atoms with Gasteiger partial charge in [0.15, 0.2) is 0 Å². The molecule has 1 aliphatic rings. The molecule has 0 aromatic carbocycles. The molecular weight excluding hydrogens is 288 g/mol. The van der Waals surface area contributed by atoms with E-state index in [4.69, 9.17) is 0 Å². The Hall–Kier alpha value is -0.920. The minimum absolute atomic E-state index is 0.199. The lowest BCUT2D eigenvalue weighted by atomic mass is 10.5. The van der Waals surface area contributed by atoms with Crippen molar-refractivity contribution in [2.75, 3.05) is 19.6 Å². The highest BCUT2D eigenvalue weighted by Gasteiger charge is 2.37. The van der Waals surface area contributed by atoms with E-state index >= 15 is 0 Å². The third-order valence-electron chi connectivity index (χ3n) is 3.56. The third-order valence-corrected chi connectivity index (χ3v) is 5.46. The molecule has 2 rings (SSSR count). The van der Waals surface area contributed by atoms with Gasteiger partial charge in [-0.25, -0.2) is 8.42 Å². The number of nitrogens with one attached hydrogen (secondary N) is 1. The van der Waals surface area contributed by atoms with Crippen LogP contribution in [-0.2, 0) is 16.6 Å². The molecule has 7 heteroatoms. The molecule has 1 fully saturated rings. The number of hydrogen-bond acceptors (Lipinski definition) is 4. The molecule has 1 aliphatic carbocycles. The summed E-state index contributed by atoms with van der Waals surface area (Å²) in [4.78, 5) is 0.318. The van der Waals surface area contributed by atoms with Gasteiger partial charge in [0.2, 0.25) is 10.0 Å². The fourth-order valence-corrected chi connectivity index (χ4v) is 4.05. The first-order valence-electron chi connectivity index (χ1n) is 7.84. The molecule has 1 aromatic heterocycles. The molecule has 0 bridgehead atoms. The Balaban J connectivity index is 2.01. The van der Waals surface area contributed by atoms with Gasteiger partial charge in [0.05, 0.1) is 12.7 Å². The van der Waals surface area contributed by atoms with Crippen molar-refractivity contribution in [3.05, 3.63) is 12.4 Å². The molecule has 21 heavy (non-hydrogen) atoms. The predicted octanol–water partition coefficient (Wildman–Crippen LogP) is 1.45. The van der Waals surface area contributed by atoms with Gasteiger partial charge in [0, 0.05) is 25.3 Å². The van der Waals surface area contributed by atoms with Crippen molar-refractivity contribution in [1.82, 2.24) is 19.4 Å². The second-order valence-electron chi connectivity index (χ2n) is 5.54. The van der Waals surface area contributed by atoms with Gasteiger partial charge in [0.25, 0.3) is 0 Å². The maximum Gasteiger partial charge on any atom is 0.246 e. The monoisotopic (exact) mass is 314 g/mol. The molecule has 0 saturated heterocycles. The fraction of sp³-hybridized carbons (Fsp3) is 0.786. The Morgan fingerprint density at radius 2 is 2.10 bits per heavy atom. The lowest BCUT2D eigenvalue weighted by molar-refractivity contribution is 0.403. The molecule has 0 aliphatic heterocycles. The molecule has 0 spiro atoms. The summed E-state index contributed by atoms with van der Waals surface area (Å²) >= 11 is 0. The minimum atomic E-state index is -3.38. The van der Waals surface area contributed by atoms with Gasteiger partial charge >= 0.3 is 0 Å². The van der Waals surface area contributed by atoms with Crippen LogP contribution in [0.1, 0.15) is 39.5 Å². The van der Waals surface area contributed by atoms with Crippen LogP contribution in [-0.4, -0.2) is 48.2 Å². The summed E-state index contributed by atoms with van der Waals surface area (Å²) in [6.45, 7) is 7.18. The molecule has 6 nitrogen and oxygen atoms in total. The van der Waals surface area contributed by atoms with Crippen LogP contribution in [0.3, 0.4) is 0 Å². The Kier molecular flexibility index (Phi) is 5.78. The standard InChI is InChI=1S/C14H26N4O2S/c1-3-7-15-8-10-17-12-14(11-16-17)21(19,20)18(9-4-2)13-5-6-13/h11-13,15H,3-10H2,1-2H3. The fourth-order valence-electron chi connectivity index (χ4n) is 2.31. The summed E-state index contributed by atoms with van der Waals surface area (Å²) in [6, 6.07) is 0.199. The van der Waals surface area contributed by atoms with E-state index in [9.17, 15) is 8.42 Å². The van der Waals surface area contributed by atoms with Crippen molar-refractivity contribution in [1.29, 1.82) is 0 Å². The first-order chi connectivity index (χ1) is 10.1. The molecule has 0 atom stereocenters. The topological polar surface area (TPSA) is 67.2 Å². The molecule has 1 aromatic rings. The highest BCUT2D eigenvalue weighted by atomic mass is 32.2. The molecule has 120 valence electrons. The third kappa shape index (κ3) is 4.28. The molecule has 0 radical (unpaired) electrons. The van der Waals surface area contributed by atoms with Crippen LogP contribution in [0.5, 0.6) is 0 Å². The van der Waals surface area contributed by atoms with E-state index in [0.29, 0.717) is 18.0 Å². The number of nitrogens with zero attached hydrogens (tertiary/aromatic N) is 3. The average Bonchev–Trinajstić information content (AvgIpc) is 3.17. The van der Waals surface area contributed by atoms with Gasteiger partial charge in [-0.2, -0.15) is 9.40 Å². The number of hydrogen-bond donors (Lipinski definition) is 1. The smallest absolute Gasteiger partial charge is 0.246 e. The highest BCUT2D eigenvalue weighted by molar-refractivity contribution is 7.89. The first kappa shape index (κ1) is 16.5. The van der Waals surface area contributed by atoms with Gasteiger partial charge in [0.1, 0.15) is 4.90 Å². The van der Waals surface area contributed by atoms with Gasteiger partial charge < -0.3 is 5.32 Å². The zero-order valence-electron chi connectivity index (χ0n) is 13.0. The molecule has 0 unspecified atom stereocenters. The summed E-state index contributed by atoms with van der Waals surface area (Å²) in [6.07, 6.45) is 7.01. The van der Waals surface area contributed by atoms with Crippen LogP contribution in [0, 0.1) is 0 Å². The largest absolute Gasteiger partial charge is 0.315 e. The molecule has 1 N–H and O–H groups in total. The number of aromatic nitrogens is 2. The summed E-state index contributed by atoms with van der Waals surface area (Å²) in [5.41, 5.74) is 0. The van der Waals surface area contributed by atoms with E-state index in [1.165, 1.54) is 6.20 Å². The van der Waals surface area contributed by atoms with Crippen molar-refractivity contribution in [2.45, 2.75) is 57.0 Å². The molecule has 0 amide bonds. The van der Waals surface area contributed by atoms with Crippen LogP contribution < -0.4 is 5.32 Å². The maximum absolute atomic E-state index is 12.7. The molecular formula is C14H26N4O2S. The van der Waals surface area contributed by atoms with E-state index in [-0.39, 0.29) is 6.04 Å². The Morgan fingerprint density at radius 1 is 1.33 bits per heavy atom. The van der Waals surface area contributed by atoms with Crippen LogP contribution in [0.15, 0.2) is 17.3 Å². The van der Waals surface area contributed by atoms with E-state index in [1.807, 2.05) is 6.92 Å². The van der Waals surface area contributed by atoms with Crippen LogP contribution >= 0.6 is 0 Å². The van der Waals surface area contributed by atoms with Gasteiger partial charge in [-0.1, -0.05) is 13.8 Å².